The van der Waals surface area contributed by atoms with E-state index < -0.39 is 0 Å². The van der Waals surface area contributed by atoms with Crippen LogP contribution in [-0.2, 0) is 4.79 Å². The van der Waals surface area contributed by atoms with Crippen LogP contribution in [0.2, 0.25) is 0 Å². The summed E-state index contributed by atoms with van der Waals surface area (Å²) in [6, 6.07) is 9.88. The van der Waals surface area contributed by atoms with Gasteiger partial charge < -0.3 is 0 Å². The maximum Gasteiger partial charge on any atom is 0.124 e. The Morgan fingerprint density at radius 2 is 1.88 bits per heavy atom. The molecule has 1 aromatic carbocycles. The summed E-state index contributed by atoms with van der Waals surface area (Å²) < 4.78 is 0. The lowest BCUT2D eigenvalue weighted by Crippen LogP contribution is -1.78. The van der Waals surface area contributed by atoms with E-state index in [2.05, 4.69) is 11.8 Å². The minimum atomic E-state index is 0.952. The Morgan fingerprint density at radius 3 is 2.62 bits per heavy atom. The van der Waals surface area contributed by atoms with Gasteiger partial charge in [0.1, 0.15) is 5.94 Å². The standard InChI is InChI=1S/C15H12O/c16-12-11-15-8-4-7-14(15)10-9-13-5-2-1-3-6-13/h1-3,5-6,11H,4,7-8H2. The van der Waals surface area contributed by atoms with Crippen LogP contribution in [0.15, 0.2) is 47.6 Å². The van der Waals surface area contributed by atoms with Crippen molar-refractivity contribution in [2.45, 2.75) is 19.3 Å². The summed E-state index contributed by atoms with van der Waals surface area (Å²) in [5.74, 6) is 8.11. The molecule has 2 rings (SSSR count). The zero-order valence-electron chi connectivity index (χ0n) is 8.99. The summed E-state index contributed by atoms with van der Waals surface area (Å²) in [5.41, 5.74) is 3.15. The Morgan fingerprint density at radius 1 is 1.06 bits per heavy atom. The molecule has 0 bridgehead atoms. The van der Waals surface area contributed by atoms with Crippen LogP contribution in [0, 0.1) is 11.8 Å². The summed E-state index contributed by atoms with van der Waals surface area (Å²) in [4.78, 5) is 10.3. The largest absolute Gasteiger partial charge is 0.233 e. The topological polar surface area (TPSA) is 17.1 Å². The van der Waals surface area contributed by atoms with Crippen LogP contribution >= 0.6 is 0 Å². The molecule has 0 spiro atoms. The molecular formula is C15H12O. The Bertz CT molecular complexity index is 505. The number of benzene rings is 1. The molecule has 78 valence electrons. The molecule has 0 saturated carbocycles. The molecule has 1 aliphatic rings. The minimum absolute atomic E-state index is 0.952. The van der Waals surface area contributed by atoms with Crippen LogP contribution in [0.4, 0.5) is 0 Å². The Balaban J connectivity index is 2.25. The molecule has 0 heterocycles. The van der Waals surface area contributed by atoms with E-state index in [1.165, 1.54) is 6.08 Å². The fourth-order valence-corrected chi connectivity index (χ4v) is 1.81. The second-order valence-corrected chi connectivity index (χ2v) is 3.74. The van der Waals surface area contributed by atoms with Gasteiger partial charge >= 0.3 is 0 Å². The van der Waals surface area contributed by atoms with E-state index in [0.29, 0.717) is 0 Å². The van der Waals surface area contributed by atoms with Gasteiger partial charge in [-0.2, -0.15) is 0 Å². The summed E-state index contributed by atoms with van der Waals surface area (Å²) in [5, 5.41) is 0. The average molecular weight is 208 g/mol. The van der Waals surface area contributed by atoms with Gasteiger partial charge in [0, 0.05) is 17.2 Å². The number of hydrogen-bond donors (Lipinski definition) is 0. The number of carbonyl (C=O) groups excluding carboxylic acids is 1. The predicted octanol–water partition coefficient (Wildman–Crippen LogP) is 2.91. The maximum absolute atomic E-state index is 10.3. The molecule has 1 nitrogen and oxygen atoms in total. The van der Waals surface area contributed by atoms with Gasteiger partial charge in [-0.1, -0.05) is 30.0 Å². The van der Waals surface area contributed by atoms with Gasteiger partial charge in [0.15, 0.2) is 0 Å². The second-order valence-electron chi connectivity index (χ2n) is 3.74. The lowest BCUT2D eigenvalue weighted by Gasteiger charge is -1.91. The first kappa shape index (κ1) is 10.5. The molecule has 0 fully saturated rings. The number of hydrogen-bond acceptors (Lipinski definition) is 1. The van der Waals surface area contributed by atoms with E-state index in [9.17, 15) is 4.79 Å². The lowest BCUT2D eigenvalue weighted by molar-refractivity contribution is 0.569. The van der Waals surface area contributed by atoms with Crippen molar-refractivity contribution in [2.75, 3.05) is 0 Å². The van der Waals surface area contributed by atoms with Gasteiger partial charge in [-0.15, -0.1) is 0 Å². The highest BCUT2D eigenvalue weighted by molar-refractivity contribution is 5.57. The van der Waals surface area contributed by atoms with Crippen LogP contribution in [0.5, 0.6) is 0 Å². The molecule has 0 saturated heterocycles. The van der Waals surface area contributed by atoms with Gasteiger partial charge in [0.25, 0.3) is 0 Å². The van der Waals surface area contributed by atoms with E-state index in [1.807, 2.05) is 36.3 Å². The molecule has 16 heavy (non-hydrogen) atoms. The van der Waals surface area contributed by atoms with E-state index in [-0.39, 0.29) is 0 Å². The first-order valence-electron chi connectivity index (χ1n) is 5.40. The van der Waals surface area contributed by atoms with Gasteiger partial charge in [-0.3, -0.25) is 0 Å². The van der Waals surface area contributed by atoms with Gasteiger partial charge in [0.05, 0.1) is 0 Å². The molecule has 1 heteroatoms. The average Bonchev–Trinajstić information content (AvgIpc) is 2.76. The van der Waals surface area contributed by atoms with Crippen molar-refractivity contribution < 1.29 is 4.79 Å². The molecule has 0 radical (unpaired) electrons. The third-order valence-corrected chi connectivity index (χ3v) is 2.63. The number of allylic oxidation sites excluding steroid dienone is 3. The molecule has 1 aliphatic carbocycles. The van der Waals surface area contributed by atoms with Crippen LogP contribution in [0.25, 0.3) is 0 Å². The Labute approximate surface area is 95.5 Å². The fourth-order valence-electron chi connectivity index (χ4n) is 1.81. The molecule has 0 N–H and O–H groups in total. The smallest absolute Gasteiger partial charge is 0.124 e. The Hall–Kier alpha value is -2.03. The highest BCUT2D eigenvalue weighted by Gasteiger charge is 2.10. The zero-order valence-corrected chi connectivity index (χ0v) is 8.99. The molecule has 0 aliphatic heterocycles. The van der Waals surface area contributed by atoms with Crippen molar-refractivity contribution in [3.63, 3.8) is 0 Å². The van der Waals surface area contributed by atoms with E-state index >= 15 is 0 Å². The zero-order chi connectivity index (χ0) is 11.2. The van der Waals surface area contributed by atoms with Crippen molar-refractivity contribution in [3.8, 4) is 11.8 Å². The quantitative estimate of drug-likeness (QED) is 0.512. The van der Waals surface area contributed by atoms with E-state index in [1.54, 1.807) is 0 Å². The van der Waals surface area contributed by atoms with Crippen LogP contribution < -0.4 is 0 Å². The summed E-state index contributed by atoms with van der Waals surface area (Å²) in [7, 11) is 0. The lowest BCUT2D eigenvalue weighted by atomic mass is 10.1. The summed E-state index contributed by atoms with van der Waals surface area (Å²) >= 11 is 0. The second kappa shape index (κ2) is 5.16. The molecule has 0 unspecified atom stereocenters. The molecule has 0 atom stereocenters. The van der Waals surface area contributed by atoms with E-state index in [0.717, 1.165) is 36.0 Å². The van der Waals surface area contributed by atoms with Gasteiger partial charge in [0.2, 0.25) is 0 Å². The van der Waals surface area contributed by atoms with Crippen molar-refractivity contribution in [3.05, 3.63) is 53.1 Å². The van der Waals surface area contributed by atoms with Crippen LogP contribution in [0.1, 0.15) is 24.8 Å². The van der Waals surface area contributed by atoms with E-state index in [4.69, 9.17) is 0 Å². The van der Waals surface area contributed by atoms with Gasteiger partial charge in [-0.05, 0) is 37.0 Å². The number of rotatable bonds is 1. The SMILES string of the molecule is O=C=CC1=C(C#Cc2ccccc2)CCC1. The fraction of sp³-hybridized carbons (Fsp3) is 0.200. The first-order valence-corrected chi connectivity index (χ1v) is 5.40. The normalized spacial score (nSPS) is 14.0. The third kappa shape index (κ3) is 2.51. The van der Waals surface area contributed by atoms with Crippen LogP contribution in [0.3, 0.4) is 0 Å². The van der Waals surface area contributed by atoms with Crippen molar-refractivity contribution >= 4 is 5.94 Å². The minimum Gasteiger partial charge on any atom is -0.233 e. The Kier molecular flexibility index (Phi) is 3.38. The molecule has 1 aromatic rings. The third-order valence-electron chi connectivity index (χ3n) is 2.63. The molecule has 0 amide bonds. The monoisotopic (exact) mass is 208 g/mol. The van der Waals surface area contributed by atoms with Crippen molar-refractivity contribution in [1.29, 1.82) is 0 Å². The predicted molar refractivity (Wildman–Crippen MR) is 64.5 cm³/mol. The summed E-state index contributed by atoms with van der Waals surface area (Å²) in [6.45, 7) is 0. The van der Waals surface area contributed by atoms with Crippen LogP contribution in [-0.4, -0.2) is 5.94 Å². The highest BCUT2D eigenvalue weighted by Crippen LogP contribution is 2.25. The van der Waals surface area contributed by atoms with Crippen molar-refractivity contribution in [1.82, 2.24) is 0 Å². The first-order chi connectivity index (χ1) is 7.90. The summed E-state index contributed by atoms with van der Waals surface area (Å²) in [6.07, 6.45) is 4.54. The van der Waals surface area contributed by atoms with Crippen molar-refractivity contribution in [2.24, 2.45) is 0 Å². The highest BCUT2D eigenvalue weighted by atomic mass is 16.1. The maximum atomic E-state index is 10.3. The van der Waals surface area contributed by atoms with Gasteiger partial charge in [-0.25, -0.2) is 4.79 Å². The molecular weight excluding hydrogens is 196 g/mol. The molecule has 0 aromatic heterocycles.